The average molecular weight is 419 g/mol. The van der Waals surface area contributed by atoms with E-state index in [9.17, 15) is 17.2 Å². The van der Waals surface area contributed by atoms with Gasteiger partial charge in [-0.2, -0.15) is 0 Å². The van der Waals surface area contributed by atoms with E-state index in [2.05, 4.69) is 16.3 Å². The molecule has 0 bridgehead atoms. The summed E-state index contributed by atoms with van der Waals surface area (Å²) >= 11 is 0. The standard InChI is InChI=1S/C22H24F2N2O2S/c1-5-22(23,24)20(12-17-13-25-19-9-7-6-8-18(17)19)26-29(27,28)21-15(3)10-14(2)11-16(21)4/h5-11,13,20,25-26H,1,12H2,2-4H3. The van der Waals surface area contributed by atoms with Gasteiger partial charge in [-0.3, -0.25) is 0 Å². The fourth-order valence-electron chi connectivity index (χ4n) is 3.76. The molecule has 0 spiro atoms. The largest absolute Gasteiger partial charge is 0.361 e. The maximum Gasteiger partial charge on any atom is 0.282 e. The fourth-order valence-corrected chi connectivity index (χ4v) is 5.45. The van der Waals surface area contributed by atoms with Gasteiger partial charge in [0.25, 0.3) is 5.92 Å². The summed E-state index contributed by atoms with van der Waals surface area (Å²) < 4.78 is 57.7. The molecule has 1 heterocycles. The molecule has 3 aromatic rings. The van der Waals surface area contributed by atoms with Crippen molar-refractivity contribution in [3.8, 4) is 0 Å². The van der Waals surface area contributed by atoms with E-state index in [4.69, 9.17) is 0 Å². The molecule has 1 atom stereocenters. The van der Waals surface area contributed by atoms with Crippen molar-refractivity contribution < 1.29 is 17.2 Å². The molecule has 1 aromatic heterocycles. The second kappa shape index (κ2) is 7.72. The van der Waals surface area contributed by atoms with Crippen molar-refractivity contribution in [3.05, 3.63) is 77.5 Å². The van der Waals surface area contributed by atoms with E-state index in [1.807, 2.05) is 31.2 Å². The van der Waals surface area contributed by atoms with E-state index in [1.165, 1.54) is 0 Å². The number of hydrogen-bond donors (Lipinski definition) is 2. The van der Waals surface area contributed by atoms with Gasteiger partial charge in [0.2, 0.25) is 10.0 Å². The molecule has 0 saturated carbocycles. The number of hydrogen-bond acceptors (Lipinski definition) is 2. The number of nitrogens with one attached hydrogen (secondary N) is 2. The molecule has 154 valence electrons. The van der Waals surface area contributed by atoms with Crippen LogP contribution < -0.4 is 4.72 Å². The van der Waals surface area contributed by atoms with Crippen molar-refractivity contribution in [2.24, 2.45) is 0 Å². The summed E-state index contributed by atoms with van der Waals surface area (Å²) in [6.07, 6.45) is 1.93. The van der Waals surface area contributed by atoms with Crippen LogP contribution in [0.3, 0.4) is 0 Å². The number of benzene rings is 2. The van der Waals surface area contributed by atoms with Crippen LogP contribution in [0.15, 0.2) is 60.1 Å². The lowest BCUT2D eigenvalue weighted by molar-refractivity contribution is 0.0209. The van der Waals surface area contributed by atoms with Crippen LogP contribution in [0, 0.1) is 20.8 Å². The van der Waals surface area contributed by atoms with Crippen LogP contribution in [0.25, 0.3) is 10.9 Å². The summed E-state index contributed by atoms with van der Waals surface area (Å²) in [5.74, 6) is -3.43. The van der Waals surface area contributed by atoms with Gasteiger partial charge in [0.05, 0.1) is 10.9 Å². The highest BCUT2D eigenvalue weighted by atomic mass is 32.2. The lowest BCUT2D eigenvalue weighted by atomic mass is 10.0. The van der Waals surface area contributed by atoms with E-state index < -0.39 is 22.0 Å². The van der Waals surface area contributed by atoms with Gasteiger partial charge in [0, 0.05) is 17.1 Å². The first-order chi connectivity index (χ1) is 13.5. The lowest BCUT2D eigenvalue weighted by Crippen LogP contribution is -2.48. The van der Waals surface area contributed by atoms with Crippen molar-refractivity contribution in [3.63, 3.8) is 0 Å². The van der Waals surface area contributed by atoms with E-state index in [0.29, 0.717) is 22.8 Å². The van der Waals surface area contributed by atoms with Crippen molar-refractivity contribution in [1.29, 1.82) is 0 Å². The van der Waals surface area contributed by atoms with E-state index in [1.54, 1.807) is 32.2 Å². The smallest absolute Gasteiger partial charge is 0.282 e. The fraction of sp³-hybridized carbons (Fsp3) is 0.273. The molecule has 2 aromatic carbocycles. The van der Waals surface area contributed by atoms with Gasteiger partial charge in [-0.1, -0.05) is 42.5 Å². The monoisotopic (exact) mass is 418 g/mol. The molecule has 0 saturated heterocycles. The zero-order valence-corrected chi connectivity index (χ0v) is 17.4. The van der Waals surface area contributed by atoms with Gasteiger partial charge in [0.1, 0.15) is 0 Å². The Morgan fingerprint density at radius 3 is 2.41 bits per heavy atom. The van der Waals surface area contributed by atoms with E-state index in [0.717, 1.165) is 16.5 Å². The highest BCUT2D eigenvalue weighted by Gasteiger charge is 2.40. The molecule has 1 unspecified atom stereocenters. The number of halogens is 2. The summed E-state index contributed by atoms with van der Waals surface area (Å²) in [6, 6.07) is 9.07. The maximum absolute atomic E-state index is 14.7. The number of aromatic nitrogens is 1. The predicted molar refractivity (Wildman–Crippen MR) is 112 cm³/mol. The molecule has 0 radical (unpaired) electrons. The molecular weight excluding hydrogens is 394 g/mol. The number of fused-ring (bicyclic) bond motifs is 1. The minimum atomic E-state index is -4.18. The van der Waals surface area contributed by atoms with Gasteiger partial charge < -0.3 is 4.98 Å². The summed E-state index contributed by atoms with van der Waals surface area (Å²) in [5.41, 5.74) is 3.35. The highest BCUT2D eigenvalue weighted by Crippen LogP contribution is 2.29. The molecule has 0 aliphatic rings. The molecule has 0 aliphatic carbocycles. The summed E-state index contributed by atoms with van der Waals surface area (Å²) in [6.45, 7) is 8.38. The molecule has 3 rings (SSSR count). The summed E-state index contributed by atoms with van der Waals surface area (Å²) in [5, 5.41) is 0.777. The second-order valence-corrected chi connectivity index (χ2v) is 8.99. The molecule has 0 fully saturated rings. The summed E-state index contributed by atoms with van der Waals surface area (Å²) in [4.78, 5) is 3.07. The van der Waals surface area contributed by atoms with Crippen molar-refractivity contribution in [2.75, 3.05) is 0 Å². The number of para-hydroxylation sites is 1. The molecule has 4 nitrogen and oxygen atoms in total. The number of aryl methyl sites for hydroxylation is 3. The van der Waals surface area contributed by atoms with Crippen LogP contribution >= 0.6 is 0 Å². The first kappa shape index (κ1) is 21.2. The topological polar surface area (TPSA) is 62.0 Å². The Kier molecular flexibility index (Phi) is 5.65. The Hall–Kier alpha value is -2.51. The second-order valence-electron chi connectivity index (χ2n) is 7.34. The SMILES string of the molecule is C=CC(F)(F)C(Cc1c[nH]c2ccccc12)NS(=O)(=O)c1c(C)cc(C)cc1C. The average Bonchev–Trinajstić information content (AvgIpc) is 3.03. The Bertz CT molecular complexity index is 1140. The van der Waals surface area contributed by atoms with Gasteiger partial charge >= 0.3 is 0 Å². The number of aromatic amines is 1. The van der Waals surface area contributed by atoms with Gasteiger partial charge in [-0.05, 0) is 56.0 Å². The number of H-pyrrole nitrogens is 1. The quantitative estimate of drug-likeness (QED) is 0.541. The lowest BCUT2D eigenvalue weighted by Gasteiger charge is -2.26. The third kappa shape index (κ3) is 4.26. The Morgan fingerprint density at radius 1 is 1.17 bits per heavy atom. The number of rotatable bonds is 7. The Balaban J connectivity index is 2.01. The first-order valence-corrected chi connectivity index (χ1v) is 10.7. The molecule has 0 amide bonds. The third-order valence-corrected chi connectivity index (χ3v) is 6.78. The van der Waals surface area contributed by atoms with E-state index >= 15 is 0 Å². The number of alkyl halides is 2. The van der Waals surface area contributed by atoms with Gasteiger partial charge in [-0.15, -0.1) is 0 Å². The zero-order chi connectivity index (χ0) is 21.4. The van der Waals surface area contributed by atoms with Crippen LogP contribution in [0.4, 0.5) is 8.78 Å². The minimum absolute atomic E-state index is 0.0342. The van der Waals surface area contributed by atoms with Crippen molar-refractivity contribution in [2.45, 2.75) is 44.1 Å². The highest BCUT2D eigenvalue weighted by molar-refractivity contribution is 7.89. The van der Waals surface area contributed by atoms with Crippen molar-refractivity contribution >= 4 is 20.9 Å². The number of sulfonamides is 1. The van der Waals surface area contributed by atoms with Crippen LogP contribution in [0.2, 0.25) is 0 Å². The van der Waals surface area contributed by atoms with Crippen molar-refractivity contribution in [1.82, 2.24) is 9.71 Å². The molecular formula is C22H24F2N2O2S. The molecule has 7 heteroatoms. The molecule has 29 heavy (non-hydrogen) atoms. The first-order valence-electron chi connectivity index (χ1n) is 9.22. The van der Waals surface area contributed by atoms with E-state index in [-0.39, 0.29) is 11.3 Å². The molecule has 0 aliphatic heterocycles. The summed E-state index contributed by atoms with van der Waals surface area (Å²) in [7, 11) is -4.18. The van der Waals surface area contributed by atoms with Gasteiger partial charge in [-0.25, -0.2) is 21.9 Å². The zero-order valence-electron chi connectivity index (χ0n) is 16.6. The Morgan fingerprint density at radius 2 is 1.79 bits per heavy atom. The minimum Gasteiger partial charge on any atom is -0.361 e. The van der Waals surface area contributed by atoms with Crippen LogP contribution in [0.1, 0.15) is 22.3 Å². The van der Waals surface area contributed by atoms with Crippen LogP contribution in [-0.2, 0) is 16.4 Å². The van der Waals surface area contributed by atoms with Crippen LogP contribution in [-0.4, -0.2) is 25.4 Å². The predicted octanol–water partition coefficient (Wildman–Crippen LogP) is 4.80. The maximum atomic E-state index is 14.7. The molecule has 2 N–H and O–H groups in total. The normalized spacial score (nSPS) is 13.6. The Labute approximate surface area is 169 Å². The van der Waals surface area contributed by atoms with Gasteiger partial charge in [0.15, 0.2) is 0 Å². The van der Waals surface area contributed by atoms with Crippen LogP contribution in [0.5, 0.6) is 0 Å². The third-order valence-electron chi connectivity index (χ3n) is 5.01.